The Morgan fingerprint density at radius 3 is 1.71 bits per heavy atom. The van der Waals surface area contributed by atoms with Crippen molar-refractivity contribution < 1.29 is 33.0 Å². The predicted molar refractivity (Wildman–Crippen MR) is 211 cm³/mol. The summed E-state index contributed by atoms with van der Waals surface area (Å²) in [6.45, 7) is 36.0. The SMILES string of the molecule is CO[C@@H](C#C[Si](C)(C)C)[C@H](OC(=O)c1ccccc1)[C@@H](C)[C@@H](O[Si](C)(C)C(C)(C)C)[C@H](C)C(=O)C[C@@H](O)[C@H](C)[C@@H](C)O[Si](C)(C)C(C)(C)C. The Morgan fingerprint density at radius 2 is 1.27 bits per heavy atom. The van der Waals surface area contributed by atoms with Crippen molar-refractivity contribution in [3.63, 3.8) is 0 Å². The summed E-state index contributed by atoms with van der Waals surface area (Å²) >= 11 is 0. The number of benzene rings is 1. The third-order valence-corrected chi connectivity index (χ3v) is 20.7. The molecule has 49 heavy (non-hydrogen) atoms. The second-order valence-corrected chi connectivity index (χ2v) is 32.3. The van der Waals surface area contributed by atoms with Crippen LogP contribution in [-0.2, 0) is 23.1 Å². The van der Waals surface area contributed by atoms with E-state index in [2.05, 4.69) is 98.8 Å². The van der Waals surface area contributed by atoms with Gasteiger partial charge in [0.1, 0.15) is 20.0 Å². The Balaban J connectivity index is 3.59. The largest absolute Gasteiger partial charge is 0.455 e. The van der Waals surface area contributed by atoms with E-state index < -0.39 is 66.9 Å². The summed E-state index contributed by atoms with van der Waals surface area (Å²) in [5, 5.41) is 11.3. The number of hydrogen-bond donors (Lipinski definition) is 1. The van der Waals surface area contributed by atoms with Gasteiger partial charge in [-0.2, -0.15) is 0 Å². The smallest absolute Gasteiger partial charge is 0.338 e. The topological polar surface area (TPSA) is 91.3 Å². The molecule has 1 N–H and O–H groups in total. The van der Waals surface area contributed by atoms with Gasteiger partial charge >= 0.3 is 5.97 Å². The third-order valence-electron chi connectivity index (χ3n) is 10.7. The molecule has 1 aromatic carbocycles. The van der Waals surface area contributed by atoms with Gasteiger partial charge in [0.25, 0.3) is 0 Å². The van der Waals surface area contributed by atoms with Crippen LogP contribution < -0.4 is 0 Å². The van der Waals surface area contributed by atoms with Crippen LogP contribution in [0.4, 0.5) is 0 Å². The van der Waals surface area contributed by atoms with Crippen LogP contribution in [0.15, 0.2) is 30.3 Å². The number of ketones is 1. The van der Waals surface area contributed by atoms with Gasteiger partial charge in [0.15, 0.2) is 22.7 Å². The lowest BCUT2D eigenvalue weighted by Gasteiger charge is -2.44. The summed E-state index contributed by atoms with van der Waals surface area (Å²) in [6, 6.07) is 8.87. The van der Waals surface area contributed by atoms with Gasteiger partial charge in [0, 0.05) is 37.4 Å². The van der Waals surface area contributed by atoms with Gasteiger partial charge in [-0.05, 0) is 55.3 Å². The van der Waals surface area contributed by atoms with Crippen molar-refractivity contribution in [2.24, 2.45) is 17.8 Å². The van der Waals surface area contributed by atoms with E-state index in [0.29, 0.717) is 5.56 Å². The van der Waals surface area contributed by atoms with Crippen LogP contribution in [0.2, 0.25) is 55.9 Å². The van der Waals surface area contributed by atoms with E-state index in [4.69, 9.17) is 18.3 Å². The van der Waals surface area contributed by atoms with Gasteiger partial charge in [-0.3, -0.25) is 4.79 Å². The van der Waals surface area contributed by atoms with E-state index in [1.54, 1.807) is 31.4 Å². The number of rotatable bonds is 16. The fraction of sp³-hybridized carbons (Fsp3) is 0.744. The van der Waals surface area contributed by atoms with E-state index >= 15 is 0 Å². The van der Waals surface area contributed by atoms with Crippen LogP contribution in [0.25, 0.3) is 0 Å². The summed E-state index contributed by atoms with van der Waals surface area (Å²) in [4.78, 5) is 27.7. The van der Waals surface area contributed by atoms with Crippen molar-refractivity contribution in [3.05, 3.63) is 35.9 Å². The highest BCUT2D eigenvalue weighted by atomic mass is 28.4. The summed E-state index contributed by atoms with van der Waals surface area (Å²) in [6.07, 6.45) is -3.33. The highest BCUT2D eigenvalue weighted by Crippen LogP contribution is 2.41. The molecule has 0 amide bonds. The summed E-state index contributed by atoms with van der Waals surface area (Å²) < 4.78 is 25.9. The number of ether oxygens (including phenoxy) is 2. The fourth-order valence-corrected chi connectivity index (χ4v) is 8.49. The number of carbonyl (C=O) groups is 2. The summed E-state index contributed by atoms with van der Waals surface area (Å²) in [7, 11) is -4.76. The van der Waals surface area contributed by atoms with E-state index in [1.165, 1.54) is 0 Å². The molecule has 0 bridgehead atoms. The van der Waals surface area contributed by atoms with E-state index in [9.17, 15) is 14.7 Å². The second-order valence-electron chi connectivity index (χ2n) is 18.1. The molecule has 0 unspecified atom stereocenters. The zero-order valence-corrected chi connectivity index (χ0v) is 37.1. The van der Waals surface area contributed by atoms with Crippen molar-refractivity contribution in [3.8, 4) is 11.5 Å². The normalized spacial score (nSPS) is 18.2. The van der Waals surface area contributed by atoms with Gasteiger partial charge < -0.3 is 23.4 Å². The molecular weight excluding hydrogens is 665 g/mol. The number of aliphatic hydroxyl groups is 1. The Hall–Kier alpha value is -1.59. The van der Waals surface area contributed by atoms with Crippen LogP contribution in [-0.4, -0.2) is 79.2 Å². The maximum Gasteiger partial charge on any atom is 0.338 e. The Bertz CT molecular complexity index is 1270. The molecule has 7 nitrogen and oxygen atoms in total. The van der Waals surface area contributed by atoms with Crippen LogP contribution >= 0.6 is 0 Å². The average Bonchev–Trinajstić information content (AvgIpc) is 2.96. The number of aliphatic hydroxyl groups excluding tert-OH is 1. The standard InChI is InChI=1S/C39H70O7Si3/c1-27(30(4)45-48(15,16)38(5,6)7)32(40)26-33(41)28(2)35(46-49(17,18)39(8,9)10)29(3)36(34(43-11)24-25-47(12,13)14)44-37(42)31-22-20-19-21-23-31/h19-23,27-30,32,34-36,40H,26H2,1-18H3/t27-,28-,29+,30-,32-,34+,35+,36-/m1/s1. The van der Waals surface area contributed by atoms with Crippen molar-refractivity contribution in [1.29, 1.82) is 0 Å². The van der Waals surface area contributed by atoms with E-state index in [0.717, 1.165) is 0 Å². The van der Waals surface area contributed by atoms with Crippen LogP contribution in [0.5, 0.6) is 0 Å². The van der Waals surface area contributed by atoms with Crippen LogP contribution in [0, 0.1) is 29.2 Å². The summed E-state index contributed by atoms with van der Waals surface area (Å²) in [5.74, 6) is 1.35. The molecule has 0 saturated heterocycles. The first kappa shape index (κ1) is 45.4. The fourth-order valence-electron chi connectivity index (χ4n) is 4.96. The molecule has 0 saturated carbocycles. The van der Waals surface area contributed by atoms with Gasteiger partial charge in [0.05, 0.1) is 17.8 Å². The van der Waals surface area contributed by atoms with Crippen molar-refractivity contribution in [1.82, 2.24) is 0 Å². The Kier molecular flexibility index (Phi) is 16.5. The molecule has 0 aliphatic carbocycles. The van der Waals surface area contributed by atoms with Gasteiger partial charge in [-0.1, -0.05) is 106 Å². The van der Waals surface area contributed by atoms with Crippen molar-refractivity contribution in [2.75, 3.05) is 7.11 Å². The molecule has 8 atom stereocenters. The van der Waals surface area contributed by atoms with Crippen LogP contribution in [0.1, 0.15) is 86.0 Å². The third kappa shape index (κ3) is 13.5. The number of hydrogen-bond acceptors (Lipinski definition) is 7. The van der Waals surface area contributed by atoms with Gasteiger partial charge in [-0.25, -0.2) is 4.79 Å². The summed E-state index contributed by atoms with van der Waals surface area (Å²) in [5.41, 5.74) is 3.81. The molecule has 0 aliphatic heterocycles. The molecule has 0 fully saturated rings. The molecule has 0 spiro atoms. The van der Waals surface area contributed by atoms with Crippen molar-refractivity contribution in [2.45, 2.75) is 162 Å². The highest BCUT2D eigenvalue weighted by Gasteiger charge is 2.47. The zero-order chi connectivity index (χ0) is 38.3. The maximum absolute atomic E-state index is 14.2. The highest BCUT2D eigenvalue weighted by molar-refractivity contribution is 6.83. The van der Waals surface area contributed by atoms with E-state index in [1.807, 2.05) is 33.8 Å². The molecule has 10 heteroatoms. The first-order chi connectivity index (χ1) is 22.1. The molecule has 0 radical (unpaired) electrons. The maximum atomic E-state index is 14.2. The Labute approximate surface area is 302 Å². The molecule has 1 aromatic rings. The van der Waals surface area contributed by atoms with Gasteiger partial charge in [-0.15, -0.1) is 5.54 Å². The van der Waals surface area contributed by atoms with Crippen molar-refractivity contribution >= 4 is 36.5 Å². The first-order valence-corrected chi connectivity index (χ1v) is 27.3. The lowest BCUT2D eigenvalue weighted by atomic mass is 9.82. The monoisotopic (exact) mass is 734 g/mol. The number of esters is 1. The lowest BCUT2D eigenvalue weighted by molar-refractivity contribution is -0.132. The lowest BCUT2D eigenvalue weighted by Crippen LogP contribution is -2.53. The minimum Gasteiger partial charge on any atom is -0.455 e. The molecular formula is C39H70O7Si3. The molecule has 280 valence electrons. The molecule has 0 aromatic heterocycles. The van der Waals surface area contributed by atoms with Gasteiger partial charge in [0.2, 0.25) is 0 Å². The minimum atomic E-state index is -2.45. The predicted octanol–water partition coefficient (Wildman–Crippen LogP) is 9.14. The Morgan fingerprint density at radius 1 is 0.776 bits per heavy atom. The quantitative estimate of drug-likeness (QED) is 0.103. The first-order valence-electron chi connectivity index (χ1n) is 17.9. The second kappa shape index (κ2) is 17.8. The minimum absolute atomic E-state index is 0.0285. The number of methoxy groups -OCH3 is 1. The molecule has 0 aliphatic rings. The number of Topliss-reactive ketones (excluding diaryl/α,β-unsaturated/α-hetero) is 1. The molecule has 0 heterocycles. The number of carbonyl (C=O) groups excluding carboxylic acids is 2. The molecule has 1 rings (SSSR count). The zero-order valence-electron chi connectivity index (χ0n) is 34.1. The average molecular weight is 735 g/mol. The van der Waals surface area contributed by atoms with Crippen LogP contribution in [0.3, 0.4) is 0 Å². The van der Waals surface area contributed by atoms with E-state index in [-0.39, 0.29) is 34.3 Å².